The summed E-state index contributed by atoms with van der Waals surface area (Å²) in [5.74, 6) is 1.70. The van der Waals surface area contributed by atoms with E-state index in [1.807, 2.05) is 18.2 Å². The maximum atomic E-state index is 9.12. The Labute approximate surface area is 163 Å². The number of nitrogens with one attached hydrogen (secondary N) is 1. The molecule has 0 spiro atoms. The van der Waals surface area contributed by atoms with Crippen LogP contribution >= 0.6 is 11.3 Å². The number of anilines is 2. The minimum Gasteiger partial charge on any atom is -0.395 e. The lowest BCUT2D eigenvalue weighted by Gasteiger charge is -2.34. The number of fused-ring (bicyclic) bond motifs is 1. The van der Waals surface area contributed by atoms with E-state index in [2.05, 4.69) is 38.7 Å². The summed E-state index contributed by atoms with van der Waals surface area (Å²) in [5.41, 5.74) is 0.971. The van der Waals surface area contributed by atoms with Gasteiger partial charge in [0.15, 0.2) is 0 Å². The van der Waals surface area contributed by atoms with E-state index in [-0.39, 0.29) is 6.61 Å². The van der Waals surface area contributed by atoms with Crippen molar-refractivity contribution in [2.45, 2.75) is 6.42 Å². The molecule has 3 aromatic rings. The largest absolute Gasteiger partial charge is 0.395 e. The van der Waals surface area contributed by atoms with Gasteiger partial charge in [-0.1, -0.05) is 18.2 Å². The Morgan fingerprint density at radius 3 is 2.67 bits per heavy atom. The van der Waals surface area contributed by atoms with Crippen molar-refractivity contribution in [3.8, 4) is 0 Å². The van der Waals surface area contributed by atoms with Gasteiger partial charge in [0.25, 0.3) is 0 Å². The normalized spacial score (nSPS) is 15.4. The molecule has 2 N–H and O–H groups in total. The number of hydrogen-bond acceptors (Lipinski definition) is 7. The van der Waals surface area contributed by atoms with Gasteiger partial charge in [-0.05, 0) is 30.0 Å². The zero-order valence-corrected chi connectivity index (χ0v) is 16.2. The smallest absolute Gasteiger partial charge is 0.227 e. The van der Waals surface area contributed by atoms with Crippen molar-refractivity contribution < 1.29 is 5.11 Å². The van der Waals surface area contributed by atoms with Gasteiger partial charge in [0.1, 0.15) is 5.82 Å². The monoisotopic (exact) mass is 383 g/mol. The quantitative estimate of drug-likeness (QED) is 0.653. The molecular weight excluding hydrogens is 358 g/mol. The van der Waals surface area contributed by atoms with Crippen LogP contribution in [0.5, 0.6) is 0 Å². The van der Waals surface area contributed by atoms with Gasteiger partial charge >= 0.3 is 0 Å². The lowest BCUT2D eigenvalue weighted by Crippen LogP contribution is -2.47. The van der Waals surface area contributed by atoms with Crippen LogP contribution < -0.4 is 10.2 Å². The first-order chi connectivity index (χ1) is 13.3. The number of aliphatic hydroxyl groups is 1. The third-order valence-corrected chi connectivity index (χ3v) is 5.84. The van der Waals surface area contributed by atoms with E-state index in [9.17, 15) is 0 Å². The lowest BCUT2D eigenvalue weighted by atomic mass is 10.2. The molecule has 0 unspecified atom stereocenters. The summed E-state index contributed by atoms with van der Waals surface area (Å²) in [6.07, 6.45) is 0.991. The fourth-order valence-electron chi connectivity index (χ4n) is 3.41. The molecule has 3 heterocycles. The number of thiophene rings is 1. The molecule has 1 aliphatic heterocycles. The van der Waals surface area contributed by atoms with Gasteiger partial charge in [-0.25, -0.2) is 4.98 Å². The number of nitrogens with zero attached hydrogens (tertiary/aromatic N) is 4. The van der Waals surface area contributed by atoms with E-state index >= 15 is 0 Å². The molecule has 1 aromatic carbocycles. The van der Waals surface area contributed by atoms with Gasteiger partial charge in [-0.3, -0.25) is 4.90 Å². The molecule has 27 heavy (non-hydrogen) atoms. The molecule has 1 fully saturated rings. The molecule has 7 heteroatoms. The van der Waals surface area contributed by atoms with E-state index in [0.717, 1.165) is 68.4 Å². The second-order valence-electron chi connectivity index (χ2n) is 6.70. The molecule has 0 atom stereocenters. The molecular formula is C20H25N5OS. The van der Waals surface area contributed by atoms with Crippen LogP contribution in [0.4, 0.5) is 11.8 Å². The number of hydrogen-bond donors (Lipinski definition) is 2. The number of aromatic nitrogens is 2. The van der Waals surface area contributed by atoms with Crippen LogP contribution in [0.3, 0.4) is 0 Å². The summed E-state index contributed by atoms with van der Waals surface area (Å²) >= 11 is 1.79. The number of piperazine rings is 1. The number of benzene rings is 1. The highest BCUT2D eigenvalue weighted by Crippen LogP contribution is 2.24. The maximum absolute atomic E-state index is 9.12. The van der Waals surface area contributed by atoms with E-state index in [1.54, 1.807) is 11.3 Å². The third kappa shape index (κ3) is 4.37. The Morgan fingerprint density at radius 1 is 1.04 bits per heavy atom. The second kappa shape index (κ2) is 8.65. The van der Waals surface area contributed by atoms with Crippen LogP contribution in [0.25, 0.3) is 10.9 Å². The van der Waals surface area contributed by atoms with Crippen LogP contribution in [0, 0.1) is 0 Å². The molecule has 1 saturated heterocycles. The van der Waals surface area contributed by atoms with E-state index in [4.69, 9.17) is 15.1 Å². The minimum atomic E-state index is 0.213. The van der Waals surface area contributed by atoms with Gasteiger partial charge < -0.3 is 15.3 Å². The van der Waals surface area contributed by atoms with Gasteiger partial charge in [0.2, 0.25) is 5.95 Å². The zero-order chi connectivity index (χ0) is 18.5. The second-order valence-corrected chi connectivity index (χ2v) is 7.73. The standard InChI is InChI=1S/C20H25N5OS/c26-14-13-24-9-11-25(12-10-24)20-22-18-6-2-1-5-17(18)19(23-20)21-8-7-16-4-3-15-27-16/h1-6,15,26H,7-14H2,(H,21,22,23). The molecule has 6 nitrogen and oxygen atoms in total. The number of β-amino-alcohol motifs (C(OH)–C–C–N with tert-alkyl or cyclic N) is 1. The van der Waals surface area contributed by atoms with Crippen molar-refractivity contribution in [2.24, 2.45) is 0 Å². The summed E-state index contributed by atoms with van der Waals surface area (Å²) in [6, 6.07) is 12.4. The average molecular weight is 384 g/mol. The Bertz CT molecular complexity index is 862. The third-order valence-electron chi connectivity index (χ3n) is 4.91. The summed E-state index contributed by atoms with van der Waals surface area (Å²) in [5, 5.41) is 15.8. The first-order valence-electron chi connectivity index (χ1n) is 9.45. The number of aliphatic hydroxyl groups excluding tert-OH is 1. The molecule has 4 rings (SSSR count). The van der Waals surface area contributed by atoms with Gasteiger partial charge in [-0.2, -0.15) is 4.98 Å². The first kappa shape index (κ1) is 18.2. The van der Waals surface area contributed by atoms with Gasteiger partial charge in [-0.15, -0.1) is 11.3 Å². The van der Waals surface area contributed by atoms with E-state index in [1.165, 1.54) is 4.88 Å². The van der Waals surface area contributed by atoms with Crippen molar-refractivity contribution in [1.29, 1.82) is 0 Å². The van der Waals surface area contributed by atoms with Crippen molar-refractivity contribution in [3.63, 3.8) is 0 Å². The Morgan fingerprint density at radius 2 is 1.89 bits per heavy atom. The van der Waals surface area contributed by atoms with Crippen LogP contribution in [0.15, 0.2) is 41.8 Å². The Hall–Kier alpha value is -2.22. The molecule has 1 aliphatic rings. The molecule has 0 saturated carbocycles. The zero-order valence-electron chi connectivity index (χ0n) is 15.3. The van der Waals surface area contributed by atoms with Crippen molar-refractivity contribution in [1.82, 2.24) is 14.9 Å². The fraction of sp³-hybridized carbons (Fsp3) is 0.400. The predicted molar refractivity (Wildman–Crippen MR) is 112 cm³/mol. The molecule has 2 aromatic heterocycles. The number of para-hydroxylation sites is 1. The van der Waals surface area contributed by atoms with Crippen LogP contribution in [-0.2, 0) is 6.42 Å². The molecule has 142 valence electrons. The Kier molecular flexibility index (Phi) is 5.81. The SMILES string of the molecule is OCCN1CCN(c2nc(NCCc3cccs3)c3ccccc3n2)CC1. The average Bonchev–Trinajstić information content (AvgIpc) is 3.22. The summed E-state index contributed by atoms with van der Waals surface area (Å²) < 4.78 is 0. The Balaban J connectivity index is 1.51. The topological polar surface area (TPSA) is 64.5 Å². The molecule has 0 radical (unpaired) electrons. The summed E-state index contributed by atoms with van der Waals surface area (Å²) in [6.45, 7) is 5.42. The predicted octanol–water partition coefficient (Wildman–Crippen LogP) is 2.46. The van der Waals surface area contributed by atoms with Gasteiger partial charge in [0, 0.05) is 49.5 Å². The van der Waals surface area contributed by atoms with Crippen LogP contribution in [-0.4, -0.2) is 65.8 Å². The molecule has 0 aliphatic carbocycles. The highest BCUT2D eigenvalue weighted by atomic mass is 32.1. The highest BCUT2D eigenvalue weighted by molar-refractivity contribution is 7.09. The maximum Gasteiger partial charge on any atom is 0.227 e. The number of rotatable bonds is 7. The molecule has 0 amide bonds. The van der Waals surface area contributed by atoms with Crippen molar-refractivity contribution in [3.05, 3.63) is 46.7 Å². The van der Waals surface area contributed by atoms with Crippen molar-refractivity contribution in [2.75, 3.05) is 56.1 Å². The van der Waals surface area contributed by atoms with Gasteiger partial charge in [0.05, 0.1) is 12.1 Å². The fourth-order valence-corrected chi connectivity index (χ4v) is 4.12. The molecule has 0 bridgehead atoms. The minimum absolute atomic E-state index is 0.213. The van der Waals surface area contributed by atoms with Crippen LogP contribution in [0.2, 0.25) is 0 Å². The first-order valence-corrected chi connectivity index (χ1v) is 10.3. The van der Waals surface area contributed by atoms with Crippen LogP contribution in [0.1, 0.15) is 4.88 Å². The summed E-state index contributed by atoms with van der Waals surface area (Å²) in [7, 11) is 0. The summed E-state index contributed by atoms with van der Waals surface area (Å²) in [4.78, 5) is 15.5. The lowest BCUT2D eigenvalue weighted by molar-refractivity contribution is 0.188. The van der Waals surface area contributed by atoms with Crippen molar-refractivity contribution >= 4 is 34.0 Å². The van der Waals surface area contributed by atoms with E-state index in [0.29, 0.717) is 0 Å². The highest BCUT2D eigenvalue weighted by Gasteiger charge is 2.20. The van der Waals surface area contributed by atoms with E-state index < -0.39 is 0 Å².